The fourth-order valence-corrected chi connectivity index (χ4v) is 10.2. The van der Waals surface area contributed by atoms with Crippen LogP contribution in [0.4, 0.5) is 0 Å². The van der Waals surface area contributed by atoms with Crippen LogP contribution in [0.1, 0.15) is 99.9 Å². The first kappa shape index (κ1) is 47.1. The highest BCUT2D eigenvalue weighted by Crippen LogP contribution is 2.50. The first-order valence-electron chi connectivity index (χ1n) is 21.6. The Hall–Kier alpha value is -6.38. The summed E-state index contributed by atoms with van der Waals surface area (Å²) in [6, 6.07) is 22.2. The van der Waals surface area contributed by atoms with E-state index >= 15 is 9.59 Å². The molecule has 6 rings (SSSR count). The summed E-state index contributed by atoms with van der Waals surface area (Å²) in [6.07, 6.45) is 10.3. The quantitative estimate of drug-likeness (QED) is 0.0392. The van der Waals surface area contributed by atoms with Crippen molar-refractivity contribution < 1.29 is 48.5 Å². The molecule has 2 aromatic carbocycles. The molecule has 4 heterocycles. The fourth-order valence-electron chi connectivity index (χ4n) is 8.03. The summed E-state index contributed by atoms with van der Waals surface area (Å²) in [4.78, 5) is 82.1. The predicted molar refractivity (Wildman–Crippen MR) is 249 cm³/mol. The van der Waals surface area contributed by atoms with Crippen LogP contribution in [0.25, 0.3) is 44.4 Å². The Balaban J connectivity index is 1.46. The molecule has 0 aliphatic carbocycles. The minimum atomic E-state index is -1.37. The SMILES string of the molecule is CCCCC(CC)CN1C(=O)C2=C(c3ccc(-c4ccc(/C=C(/OC=O)C(=O)O)cc4)s3)N(CC(CC)CCCC)C(=O)C2=C1c1ccc(-c2ccc(/C=C(\OC=O)C(=O)O)cc2)s1. The molecule has 0 spiro atoms. The normalized spacial score (nSPS) is 15.2. The summed E-state index contributed by atoms with van der Waals surface area (Å²) in [5, 5.41) is 18.8. The lowest BCUT2D eigenvalue weighted by Crippen LogP contribution is -2.34. The minimum absolute atomic E-state index is 0.0721. The number of hydrogen-bond donors (Lipinski definition) is 2. The molecular formula is C50H52N2O10S2. The molecule has 0 radical (unpaired) electrons. The third-order valence-corrected chi connectivity index (χ3v) is 13.9. The van der Waals surface area contributed by atoms with E-state index in [4.69, 9.17) is 0 Å². The first-order valence-corrected chi connectivity index (χ1v) is 23.2. The smallest absolute Gasteiger partial charge is 0.371 e. The van der Waals surface area contributed by atoms with Crippen LogP contribution in [0.15, 0.2) is 95.5 Å². The zero-order valence-corrected chi connectivity index (χ0v) is 38.0. The summed E-state index contributed by atoms with van der Waals surface area (Å²) in [6.45, 7) is 9.66. The van der Waals surface area contributed by atoms with E-state index in [0.29, 0.717) is 46.8 Å². The highest BCUT2D eigenvalue weighted by molar-refractivity contribution is 7.17. The molecule has 12 nitrogen and oxygen atoms in total. The molecule has 2 aromatic heterocycles. The second-order valence-corrected chi connectivity index (χ2v) is 17.9. The van der Waals surface area contributed by atoms with Crippen LogP contribution >= 0.6 is 22.7 Å². The lowest BCUT2D eigenvalue weighted by Gasteiger charge is -2.29. The number of rotatable bonds is 24. The molecule has 2 unspecified atom stereocenters. The van der Waals surface area contributed by atoms with Crippen molar-refractivity contribution in [3.05, 3.63) is 116 Å². The van der Waals surface area contributed by atoms with E-state index in [1.807, 2.05) is 58.3 Å². The number of thiophene rings is 2. The number of carbonyl (C=O) groups is 6. The van der Waals surface area contributed by atoms with E-state index in [1.54, 1.807) is 24.3 Å². The maximum absolute atomic E-state index is 15.2. The predicted octanol–water partition coefficient (Wildman–Crippen LogP) is 10.6. The standard InChI is InChI=1S/C50H52N2O10S2/c1-5-9-11-31(7-3)27-51-45(41-23-21-39(63-41)35-17-13-33(14-18-35)25-37(49(57)58)61-29-53)43-44(47(51)55)46(52(48(43)56)28-32(8-4)12-10-6-2)42-24-22-40(64-42)36-19-15-34(16-20-36)26-38(50(59)60)62-30-54/h13-26,29-32H,5-12,27-28H2,1-4H3,(H,57,58)(H,59,60)/b37-25-,38-26+. The third-order valence-electron chi connectivity index (χ3n) is 11.6. The average molecular weight is 905 g/mol. The van der Waals surface area contributed by atoms with E-state index in [1.165, 1.54) is 34.8 Å². The molecule has 0 saturated carbocycles. The maximum atomic E-state index is 15.2. The lowest BCUT2D eigenvalue weighted by atomic mass is 9.98. The van der Waals surface area contributed by atoms with Crippen LogP contribution < -0.4 is 0 Å². The zero-order valence-electron chi connectivity index (χ0n) is 36.3. The topological polar surface area (TPSA) is 168 Å². The zero-order chi connectivity index (χ0) is 45.9. The van der Waals surface area contributed by atoms with Gasteiger partial charge in [-0.15, -0.1) is 22.7 Å². The third kappa shape index (κ3) is 10.5. The Bertz CT molecular complexity index is 2330. The van der Waals surface area contributed by atoms with Gasteiger partial charge in [-0.1, -0.05) is 115 Å². The Morgan fingerprint density at radius 1 is 0.578 bits per heavy atom. The van der Waals surface area contributed by atoms with Crippen LogP contribution in [0.5, 0.6) is 0 Å². The Kier molecular flexibility index (Phi) is 16.1. The van der Waals surface area contributed by atoms with Crippen LogP contribution in [-0.4, -0.2) is 69.8 Å². The molecule has 2 amide bonds. The Morgan fingerprint density at radius 3 is 1.25 bits per heavy atom. The molecule has 2 aliphatic heterocycles. The Morgan fingerprint density at radius 2 is 0.938 bits per heavy atom. The molecule has 2 aliphatic rings. The molecule has 64 heavy (non-hydrogen) atoms. The summed E-state index contributed by atoms with van der Waals surface area (Å²) < 4.78 is 9.24. The van der Waals surface area contributed by atoms with Gasteiger partial charge in [-0.2, -0.15) is 0 Å². The number of fused-ring (bicyclic) bond motifs is 1. The fraction of sp³-hybridized carbons (Fsp3) is 0.320. The van der Waals surface area contributed by atoms with Crippen molar-refractivity contribution in [2.24, 2.45) is 11.8 Å². The molecule has 0 fully saturated rings. The van der Waals surface area contributed by atoms with E-state index in [0.717, 1.165) is 82.0 Å². The van der Waals surface area contributed by atoms with Gasteiger partial charge in [0.15, 0.2) is 0 Å². The molecule has 334 valence electrons. The van der Waals surface area contributed by atoms with E-state index in [2.05, 4.69) is 37.2 Å². The van der Waals surface area contributed by atoms with Gasteiger partial charge in [0.1, 0.15) is 0 Å². The van der Waals surface area contributed by atoms with Gasteiger partial charge < -0.3 is 29.5 Å². The summed E-state index contributed by atoms with van der Waals surface area (Å²) in [5.74, 6) is -3.68. The van der Waals surface area contributed by atoms with Gasteiger partial charge >= 0.3 is 11.9 Å². The number of benzene rings is 2. The van der Waals surface area contributed by atoms with Gasteiger partial charge in [0, 0.05) is 22.8 Å². The number of aliphatic carboxylic acids is 2. The van der Waals surface area contributed by atoms with Crippen molar-refractivity contribution in [1.82, 2.24) is 9.80 Å². The van der Waals surface area contributed by atoms with E-state index < -0.39 is 23.5 Å². The van der Waals surface area contributed by atoms with Crippen molar-refractivity contribution in [2.45, 2.75) is 79.1 Å². The second-order valence-electron chi connectivity index (χ2n) is 15.7. The summed E-state index contributed by atoms with van der Waals surface area (Å²) in [5.41, 5.74) is 4.82. The van der Waals surface area contributed by atoms with Crippen molar-refractivity contribution in [1.29, 1.82) is 0 Å². The van der Waals surface area contributed by atoms with Gasteiger partial charge in [0.25, 0.3) is 24.8 Å². The number of nitrogens with zero attached hydrogens (tertiary/aromatic N) is 2. The lowest BCUT2D eigenvalue weighted by molar-refractivity contribution is -0.141. The van der Waals surface area contributed by atoms with Gasteiger partial charge in [-0.3, -0.25) is 19.2 Å². The molecule has 0 bridgehead atoms. The van der Waals surface area contributed by atoms with Crippen molar-refractivity contribution in [3.63, 3.8) is 0 Å². The monoisotopic (exact) mass is 904 g/mol. The molecule has 2 N–H and O–H groups in total. The average Bonchev–Trinajstić information content (AvgIpc) is 4.09. The van der Waals surface area contributed by atoms with Crippen LogP contribution in [0.3, 0.4) is 0 Å². The number of hydrogen-bond acceptors (Lipinski definition) is 10. The van der Waals surface area contributed by atoms with Crippen LogP contribution in [0, 0.1) is 11.8 Å². The van der Waals surface area contributed by atoms with Crippen LogP contribution in [-0.2, 0) is 38.2 Å². The summed E-state index contributed by atoms with van der Waals surface area (Å²) in [7, 11) is 0. The largest absolute Gasteiger partial charge is 0.475 e. The second kappa shape index (κ2) is 21.8. The van der Waals surface area contributed by atoms with E-state index in [-0.39, 0.29) is 36.6 Å². The highest BCUT2D eigenvalue weighted by atomic mass is 32.1. The van der Waals surface area contributed by atoms with Gasteiger partial charge in [0.05, 0.1) is 32.3 Å². The first-order chi connectivity index (χ1) is 31.0. The maximum Gasteiger partial charge on any atom is 0.371 e. The molecule has 2 atom stereocenters. The minimum Gasteiger partial charge on any atom is -0.475 e. The van der Waals surface area contributed by atoms with Crippen LogP contribution in [0.2, 0.25) is 0 Å². The number of ether oxygens (including phenoxy) is 2. The highest BCUT2D eigenvalue weighted by Gasteiger charge is 2.50. The molecular weight excluding hydrogens is 853 g/mol. The Labute approximate surface area is 380 Å². The summed E-state index contributed by atoms with van der Waals surface area (Å²) >= 11 is 2.96. The number of carboxylic acid groups (broad SMARTS) is 2. The van der Waals surface area contributed by atoms with Gasteiger partial charge in [-0.25, -0.2) is 9.59 Å². The van der Waals surface area contributed by atoms with Gasteiger partial charge in [0.2, 0.25) is 11.5 Å². The van der Waals surface area contributed by atoms with Crippen molar-refractivity contribution in [2.75, 3.05) is 13.1 Å². The van der Waals surface area contributed by atoms with Gasteiger partial charge in [-0.05, 0) is 83.3 Å². The van der Waals surface area contributed by atoms with E-state index in [9.17, 15) is 29.4 Å². The number of carboxylic acids is 2. The molecule has 14 heteroatoms. The number of unbranched alkanes of at least 4 members (excludes halogenated alkanes) is 2. The number of amides is 2. The molecule has 0 saturated heterocycles. The molecule has 4 aromatic rings. The number of carbonyl (C=O) groups excluding carboxylic acids is 4. The van der Waals surface area contributed by atoms with Crippen molar-refractivity contribution in [3.8, 4) is 20.9 Å². The van der Waals surface area contributed by atoms with Crippen molar-refractivity contribution >= 4 is 82.9 Å².